The van der Waals surface area contributed by atoms with Crippen LogP contribution in [-0.2, 0) is 14.9 Å². The van der Waals surface area contributed by atoms with Crippen molar-refractivity contribution >= 4 is 44.8 Å². The summed E-state index contributed by atoms with van der Waals surface area (Å²) >= 11 is 0. The SMILES string of the molecule is Cc1ccc2c(NS(=O)(=O)N3CCOC3=O)c(F)ccc2c1Oc1ncccc1-c1ccnc(N[C@H]2CCCN(C(=O)O)C2)n1. The van der Waals surface area contributed by atoms with Gasteiger partial charge >= 0.3 is 22.4 Å². The first kappa shape index (κ1) is 29.8. The minimum absolute atomic E-state index is 0.102. The lowest BCUT2D eigenvalue weighted by molar-refractivity contribution is 0.132. The van der Waals surface area contributed by atoms with Gasteiger partial charge in [0.25, 0.3) is 0 Å². The van der Waals surface area contributed by atoms with Gasteiger partial charge in [0.05, 0.1) is 23.5 Å². The quantitative estimate of drug-likeness (QED) is 0.246. The van der Waals surface area contributed by atoms with Crippen molar-refractivity contribution in [3.05, 3.63) is 66.2 Å². The molecule has 0 spiro atoms. The molecule has 0 radical (unpaired) electrons. The second-order valence-electron chi connectivity index (χ2n) is 10.5. The minimum Gasteiger partial charge on any atom is -0.465 e. The Balaban J connectivity index is 1.32. The number of pyridine rings is 1. The first-order chi connectivity index (χ1) is 21.6. The van der Waals surface area contributed by atoms with Crippen LogP contribution in [0.3, 0.4) is 0 Å². The number of nitrogens with zero attached hydrogens (tertiary/aromatic N) is 5. The molecule has 2 amide bonds. The van der Waals surface area contributed by atoms with Gasteiger partial charge in [-0.15, -0.1) is 0 Å². The molecule has 2 aromatic carbocycles. The van der Waals surface area contributed by atoms with Crippen molar-refractivity contribution in [1.82, 2.24) is 24.2 Å². The van der Waals surface area contributed by atoms with Gasteiger partial charge in [-0.05, 0) is 55.7 Å². The van der Waals surface area contributed by atoms with Gasteiger partial charge in [0.1, 0.15) is 18.2 Å². The van der Waals surface area contributed by atoms with E-state index in [-0.39, 0.29) is 36.1 Å². The second-order valence-corrected chi connectivity index (χ2v) is 12.1. The fourth-order valence-corrected chi connectivity index (χ4v) is 6.41. The monoisotopic (exact) mass is 637 g/mol. The van der Waals surface area contributed by atoms with Crippen LogP contribution in [0.15, 0.2) is 54.9 Å². The number of ether oxygens (including phenoxy) is 2. The zero-order valence-electron chi connectivity index (χ0n) is 23.9. The number of carboxylic acid groups (broad SMARTS) is 1. The van der Waals surface area contributed by atoms with Gasteiger partial charge in [0.15, 0.2) is 0 Å². The summed E-state index contributed by atoms with van der Waals surface area (Å²) < 4.78 is 54.6. The van der Waals surface area contributed by atoms with Crippen LogP contribution in [0, 0.1) is 12.7 Å². The van der Waals surface area contributed by atoms with Gasteiger partial charge in [-0.2, -0.15) is 12.7 Å². The molecule has 0 bridgehead atoms. The van der Waals surface area contributed by atoms with E-state index in [0.29, 0.717) is 57.7 Å². The summed E-state index contributed by atoms with van der Waals surface area (Å²) in [7, 11) is -4.46. The highest BCUT2D eigenvalue weighted by Gasteiger charge is 2.34. The molecule has 2 aliphatic heterocycles. The van der Waals surface area contributed by atoms with Crippen LogP contribution >= 0.6 is 0 Å². The molecule has 2 aromatic heterocycles. The van der Waals surface area contributed by atoms with E-state index >= 15 is 4.39 Å². The highest BCUT2D eigenvalue weighted by Crippen LogP contribution is 2.40. The predicted molar refractivity (Wildman–Crippen MR) is 161 cm³/mol. The number of amides is 2. The molecule has 3 N–H and O–H groups in total. The number of carbonyl (C=O) groups excluding carboxylic acids is 1. The molecule has 2 aliphatic rings. The topological polar surface area (TPSA) is 176 Å². The standard InChI is InChI=1S/C29H28FN7O7S/c1-17-6-7-19-20(8-9-22(30)24(19)35-45(41,42)37-14-15-43-29(37)40)25(17)44-26-21(5-2-11-31-26)23-10-12-32-27(34-23)33-18-4-3-13-36(16-18)28(38)39/h2,5-12,18,35H,3-4,13-16H2,1H3,(H,38,39)(H,32,33,34)/t18-/m0/s1. The normalized spacial score (nSPS) is 16.8. The zero-order valence-corrected chi connectivity index (χ0v) is 24.8. The molecule has 1 atom stereocenters. The number of nitrogens with one attached hydrogen (secondary N) is 2. The molecule has 45 heavy (non-hydrogen) atoms. The zero-order chi connectivity index (χ0) is 31.7. The maximum atomic E-state index is 15.1. The van der Waals surface area contributed by atoms with Crippen molar-refractivity contribution in [2.24, 2.45) is 0 Å². The van der Waals surface area contributed by atoms with E-state index in [0.717, 1.165) is 12.5 Å². The van der Waals surface area contributed by atoms with Gasteiger partial charge < -0.3 is 24.8 Å². The molecule has 16 heteroatoms. The Morgan fingerprint density at radius 3 is 2.71 bits per heavy atom. The molecule has 14 nitrogen and oxygen atoms in total. The van der Waals surface area contributed by atoms with E-state index in [9.17, 15) is 23.1 Å². The smallest absolute Gasteiger partial charge is 0.425 e. The Hall–Kier alpha value is -5.25. The number of benzene rings is 2. The Morgan fingerprint density at radius 2 is 1.93 bits per heavy atom. The number of hydrogen-bond acceptors (Lipinski definition) is 10. The van der Waals surface area contributed by atoms with Crippen LogP contribution < -0.4 is 14.8 Å². The summed E-state index contributed by atoms with van der Waals surface area (Å²) in [5.41, 5.74) is 1.31. The van der Waals surface area contributed by atoms with Crippen molar-refractivity contribution in [3.8, 4) is 22.9 Å². The third-order valence-electron chi connectivity index (χ3n) is 7.47. The number of carbonyl (C=O) groups is 2. The van der Waals surface area contributed by atoms with Gasteiger partial charge in [0, 0.05) is 42.3 Å². The van der Waals surface area contributed by atoms with Crippen LogP contribution in [0.4, 0.5) is 25.6 Å². The highest BCUT2D eigenvalue weighted by atomic mass is 32.2. The Bertz CT molecular complexity index is 1910. The first-order valence-corrected chi connectivity index (χ1v) is 15.4. The fourth-order valence-electron chi connectivity index (χ4n) is 5.27. The number of fused-ring (bicyclic) bond motifs is 1. The number of rotatable bonds is 8. The summed E-state index contributed by atoms with van der Waals surface area (Å²) in [5, 5.41) is 13.2. The van der Waals surface area contributed by atoms with Gasteiger partial charge in [-0.3, -0.25) is 4.72 Å². The van der Waals surface area contributed by atoms with Crippen molar-refractivity contribution < 1.29 is 37.0 Å². The third-order valence-corrected chi connectivity index (χ3v) is 8.84. The van der Waals surface area contributed by atoms with E-state index < -0.39 is 28.2 Å². The summed E-state index contributed by atoms with van der Waals surface area (Å²) in [6.45, 7) is 2.27. The second kappa shape index (κ2) is 12.0. The predicted octanol–water partition coefficient (Wildman–Crippen LogP) is 4.59. The van der Waals surface area contributed by atoms with E-state index in [4.69, 9.17) is 9.47 Å². The van der Waals surface area contributed by atoms with Crippen LogP contribution in [-0.4, -0.2) is 82.2 Å². The number of piperidine rings is 1. The van der Waals surface area contributed by atoms with Crippen LogP contribution in [0.25, 0.3) is 22.0 Å². The number of hydrogen-bond donors (Lipinski definition) is 3. The Labute approximate surface area is 257 Å². The number of aryl methyl sites for hydroxylation is 1. The molecule has 0 saturated carbocycles. The van der Waals surface area contributed by atoms with Crippen LogP contribution in [0.5, 0.6) is 11.6 Å². The molecule has 2 saturated heterocycles. The lowest BCUT2D eigenvalue weighted by Gasteiger charge is -2.31. The van der Waals surface area contributed by atoms with Crippen LogP contribution in [0.1, 0.15) is 18.4 Å². The van der Waals surface area contributed by atoms with Gasteiger partial charge in [-0.25, -0.2) is 28.9 Å². The Kier molecular flexibility index (Phi) is 7.97. The molecule has 4 heterocycles. The average Bonchev–Trinajstić information content (AvgIpc) is 3.47. The summed E-state index contributed by atoms with van der Waals surface area (Å²) in [4.78, 5) is 38.0. The van der Waals surface area contributed by atoms with Crippen molar-refractivity contribution in [1.29, 1.82) is 0 Å². The number of cyclic esters (lactones) is 1. The number of aromatic nitrogens is 3. The van der Waals surface area contributed by atoms with Crippen molar-refractivity contribution in [2.45, 2.75) is 25.8 Å². The average molecular weight is 638 g/mol. The molecule has 0 aliphatic carbocycles. The number of likely N-dealkylation sites (tertiary alicyclic amines) is 1. The van der Waals surface area contributed by atoms with Crippen LogP contribution in [0.2, 0.25) is 0 Å². The lowest BCUT2D eigenvalue weighted by atomic mass is 10.0. The molecular weight excluding hydrogens is 609 g/mol. The molecule has 6 rings (SSSR count). The largest absolute Gasteiger partial charge is 0.465 e. The summed E-state index contributed by atoms with van der Waals surface area (Å²) in [6.07, 6.45) is 2.57. The maximum absolute atomic E-state index is 15.1. The van der Waals surface area contributed by atoms with Gasteiger partial charge in [-0.1, -0.05) is 12.1 Å². The van der Waals surface area contributed by atoms with Gasteiger partial charge in [0.2, 0.25) is 11.8 Å². The molecule has 2 fully saturated rings. The summed E-state index contributed by atoms with van der Waals surface area (Å²) in [6, 6.07) is 10.8. The number of halogens is 1. The molecule has 0 unspecified atom stereocenters. The molecule has 4 aromatic rings. The van der Waals surface area contributed by atoms with Crippen molar-refractivity contribution in [3.63, 3.8) is 0 Å². The third kappa shape index (κ3) is 6.08. The lowest BCUT2D eigenvalue weighted by Crippen LogP contribution is -2.44. The van der Waals surface area contributed by atoms with E-state index in [1.807, 2.05) is 0 Å². The number of anilines is 2. The minimum atomic E-state index is -4.46. The van der Waals surface area contributed by atoms with E-state index in [1.54, 1.807) is 43.5 Å². The fraction of sp³-hybridized carbons (Fsp3) is 0.276. The maximum Gasteiger partial charge on any atom is 0.425 e. The van der Waals surface area contributed by atoms with E-state index in [2.05, 4.69) is 25.0 Å². The molecular formula is C29H28FN7O7S. The highest BCUT2D eigenvalue weighted by molar-refractivity contribution is 7.91. The summed E-state index contributed by atoms with van der Waals surface area (Å²) in [5.74, 6) is -0.0526. The first-order valence-electron chi connectivity index (χ1n) is 14.0. The molecule has 234 valence electrons. The Morgan fingerprint density at radius 1 is 1.11 bits per heavy atom. The van der Waals surface area contributed by atoms with E-state index in [1.165, 1.54) is 17.2 Å². The van der Waals surface area contributed by atoms with Crippen molar-refractivity contribution in [2.75, 3.05) is 36.3 Å².